The second-order valence-electron chi connectivity index (χ2n) is 6.44. The molecule has 1 aliphatic carbocycles. The average Bonchev–Trinajstić information content (AvgIpc) is 3.15. The van der Waals surface area contributed by atoms with Crippen molar-refractivity contribution in [1.82, 2.24) is 14.7 Å². The minimum Gasteiger partial charge on any atom is -0.395 e. The van der Waals surface area contributed by atoms with Crippen LogP contribution in [0.1, 0.15) is 46.2 Å². The van der Waals surface area contributed by atoms with E-state index in [1.807, 2.05) is 11.6 Å². The summed E-state index contributed by atoms with van der Waals surface area (Å²) in [7, 11) is 0. The SMILES string of the molecule is CCN(CCO)C(=O)c1nn(-c2ccc(C)cc2C)c2c1CCC2. The molecule has 0 fully saturated rings. The van der Waals surface area contributed by atoms with E-state index in [1.165, 1.54) is 5.56 Å². The molecule has 1 N–H and O–H groups in total. The number of hydrogen-bond donors (Lipinski definition) is 1. The predicted octanol–water partition coefficient (Wildman–Crippen LogP) is 2.43. The fourth-order valence-corrected chi connectivity index (χ4v) is 3.53. The molecule has 0 radical (unpaired) electrons. The Kier molecular flexibility index (Phi) is 4.71. The van der Waals surface area contributed by atoms with E-state index in [0.717, 1.165) is 41.8 Å². The van der Waals surface area contributed by atoms with Gasteiger partial charge in [-0.1, -0.05) is 17.7 Å². The number of carbonyl (C=O) groups is 1. The summed E-state index contributed by atoms with van der Waals surface area (Å²) in [5.74, 6) is -0.0757. The zero-order valence-electron chi connectivity index (χ0n) is 14.7. The summed E-state index contributed by atoms with van der Waals surface area (Å²) in [6, 6.07) is 6.30. The van der Waals surface area contributed by atoms with Gasteiger partial charge in [-0.15, -0.1) is 0 Å². The Morgan fingerprint density at radius 3 is 2.79 bits per heavy atom. The lowest BCUT2D eigenvalue weighted by molar-refractivity contribution is 0.0724. The van der Waals surface area contributed by atoms with Crippen molar-refractivity contribution in [2.24, 2.45) is 0 Å². The summed E-state index contributed by atoms with van der Waals surface area (Å²) in [4.78, 5) is 14.5. The Morgan fingerprint density at radius 1 is 1.33 bits per heavy atom. The fraction of sp³-hybridized carbons (Fsp3) is 0.474. The summed E-state index contributed by atoms with van der Waals surface area (Å²) in [5.41, 5.74) is 6.22. The molecular weight excluding hydrogens is 302 g/mol. The molecular formula is C19H25N3O2. The van der Waals surface area contributed by atoms with Crippen LogP contribution in [0.25, 0.3) is 5.69 Å². The van der Waals surface area contributed by atoms with Crippen molar-refractivity contribution in [1.29, 1.82) is 0 Å². The van der Waals surface area contributed by atoms with Crippen LogP contribution in [0, 0.1) is 13.8 Å². The van der Waals surface area contributed by atoms with Gasteiger partial charge >= 0.3 is 0 Å². The Bertz CT molecular complexity index is 764. The molecule has 24 heavy (non-hydrogen) atoms. The van der Waals surface area contributed by atoms with Crippen LogP contribution in [0.15, 0.2) is 18.2 Å². The van der Waals surface area contributed by atoms with Crippen molar-refractivity contribution in [2.45, 2.75) is 40.0 Å². The molecule has 0 aliphatic heterocycles. The molecule has 0 saturated heterocycles. The van der Waals surface area contributed by atoms with Crippen LogP contribution in [0.2, 0.25) is 0 Å². The second-order valence-corrected chi connectivity index (χ2v) is 6.44. The molecule has 1 aliphatic rings. The van der Waals surface area contributed by atoms with Crippen LogP contribution < -0.4 is 0 Å². The van der Waals surface area contributed by atoms with Gasteiger partial charge in [0.1, 0.15) is 0 Å². The zero-order valence-corrected chi connectivity index (χ0v) is 14.7. The highest BCUT2D eigenvalue weighted by Crippen LogP contribution is 2.29. The molecule has 0 spiro atoms. The first kappa shape index (κ1) is 16.7. The molecule has 1 aromatic heterocycles. The minimum absolute atomic E-state index is 0.0282. The normalized spacial score (nSPS) is 13.2. The molecule has 2 aromatic rings. The number of benzene rings is 1. The van der Waals surface area contributed by atoms with Crippen LogP contribution in [0.3, 0.4) is 0 Å². The summed E-state index contributed by atoms with van der Waals surface area (Å²) in [5, 5.41) is 13.9. The Balaban J connectivity index is 2.06. The monoisotopic (exact) mass is 327 g/mol. The molecule has 0 saturated carbocycles. The second kappa shape index (κ2) is 6.77. The maximum Gasteiger partial charge on any atom is 0.274 e. The van der Waals surface area contributed by atoms with Gasteiger partial charge in [0.2, 0.25) is 0 Å². The summed E-state index contributed by atoms with van der Waals surface area (Å²) in [6.45, 7) is 6.98. The van der Waals surface area contributed by atoms with Gasteiger partial charge in [-0.2, -0.15) is 5.10 Å². The van der Waals surface area contributed by atoms with E-state index in [4.69, 9.17) is 0 Å². The zero-order chi connectivity index (χ0) is 17.3. The van der Waals surface area contributed by atoms with Gasteiger partial charge in [-0.25, -0.2) is 4.68 Å². The number of fused-ring (bicyclic) bond motifs is 1. The standard InChI is InChI=1S/C19H25N3O2/c1-4-21(10-11-23)19(24)18-15-6-5-7-17(15)22(20-18)16-9-8-13(2)12-14(16)3/h8-9,12,23H,4-7,10-11H2,1-3H3. The van der Waals surface area contributed by atoms with Gasteiger partial charge in [0.05, 0.1) is 12.3 Å². The Labute approximate surface area is 142 Å². The first-order valence-electron chi connectivity index (χ1n) is 8.65. The van der Waals surface area contributed by atoms with E-state index in [9.17, 15) is 9.90 Å². The molecule has 1 heterocycles. The van der Waals surface area contributed by atoms with Crippen molar-refractivity contribution in [3.05, 3.63) is 46.3 Å². The number of likely N-dealkylation sites (N-methyl/N-ethyl adjacent to an activating group) is 1. The minimum atomic E-state index is -0.0757. The molecule has 0 unspecified atom stereocenters. The van der Waals surface area contributed by atoms with E-state index in [1.54, 1.807) is 4.90 Å². The summed E-state index contributed by atoms with van der Waals surface area (Å²) < 4.78 is 1.96. The number of aryl methyl sites for hydroxylation is 2. The van der Waals surface area contributed by atoms with E-state index in [0.29, 0.717) is 18.8 Å². The third-order valence-corrected chi connectivity index (χ3v) is 4.75. The van der Waals surface area contributed by atoms with Crippen LogP contribution >= 0.6 is 0 Å². The molecule has 128 valence electrons. The quantitative estimate of drug-likeness (QED) is 0.917. The summed E-state index contributed by atoms with van der Waals surface area (Å²) >= 11 is 0. The van der Waals surface area contributed by atoms with Crippen LogP contribution in [0.4, 0.5) is 0 Å². The van der Waals surface area contributed by atoms with Crippen LogP contribution in [0.5, 0.6) is 0 Å². The molecule has 1 aromatic carbocycles. The van der Waals surface area contributed by atoms with E-state index in [-0.39, 0.29) is 12.5 Å². The Morgan fingerprint density at radius 2 is 2.12 bits per heavy atom. The summed E-state index contributed by atoms with van der Waals surface area (Å²) in [6.07, 6.45) is 2.91. The van der Waals surface area contributed by atoms with E-state index < -0.39 is 0 Å². The van der Waals surface area contributed by atoms with Gasteiger partial charge in [0.15, 0.2) is 5.69 Å². The number of amides is 1. The average molecular weight is 327 g/mol. The van der Waals surface area contributed by atoms with Gasteiger partial charge in [-0.3, -0.25) is 4.79 Å². The molecule has 3 rings (SSSR count). The molecule has 0 atom stereocenters. The van der Waals surface area contributed by atoms with Crippen LogP contribution in [-0.4, -0.2) is 45.4 Å². The molecule has 0 bridgehead atoms. The largest absolute Gasteiger partial charge is 0.395 e. The van der Waals surface area contributed by atoms with Crippen molar-refractivity contribution in [3.8, 4) is 5.69 Å². The van der Waals surface area contributed by atoms with Crippen molar-refractivity contribution >= 4 is 5.91 Å². The lowest BCUT2D eigenvalue weighted by atomic mass is 10.1. The first-order valence-corrected chi connectivity index (χ1v) is 8.65. The smallest absolute Gasteiger partial charge is 0.274 e. The van der Waals surface area contributed by atoms with Gasteiger partial charge in [-0.05, 0) is 51.7 Å². The number of aliphatic hydroxyl groups excluding tert-OH is 1. The molecule has 1 amide bonds. The predicted molar refractivity (Wildman–Crippen MR) is 93.7 cm³/mol. The lowest BCUT2D eigenvalue weighted by Crippen LogP contribution is -2.34. The number of rotatable bonds is 5. The number of carbonyl (C=O) groups excluding carboxylic acids is 1. The Hall–Kier alpha value is -2.14. The molecule has 5 nitrogen and oxygen atoms in total. The van der Waals surface area contributed by atoms with E-state index >= 15 is 0 Å². The van der Waals surface area contributed by atoms with Gasteiger partial charge < -0.3 is 10.0 Å². The maximum atomic E-state index is 12.8. The number of aliphatic hydroxyl groups is 1. The highest BCUT2D eigenvalue weighted by Gasteiger charge is 2.29. The third kappa shape index (κ3) is 2.84. The number of hydrogen-bond acceptors (Lipinski definition) is 3. The highest BCUT2D eigenvalue weighted by molar-refractivity contribution is 5.94. The lowest BCUT2D eigenvalue weighted by Gasteiger charge is -2.18. The highest BCUT2D eigenvalue weighted by atomic mass is 16.3. The van der Waals surface area contributed by atoms with Gasteiger partial charge in [0.25, 0.3) is 5.91 Å². The topological polar surface area (TPSA) is 58.4 Å². The van der Waals surface area contributed by atoms with Crippen molar-refractivity contribution in [2.75, 3.05) is 19.7 Å². The number of nitrogens with zero attached hydrogens (tertiary/aromatic N) is 3. The van der Waals surface area contributed by atoms with Gasteiger partial charge in [0, 0.05) is 24.3 Å². The fourth-order valence-electron chi connectivity index (χ4n) is 3.53. The maximum absolute atomic E-state index is 12.8. The van der Waals surface area contributed by atoms with Crippen molar-refractivity contribution in [3.63, 3.8) is 0 Å². The first-order chi connectivity index (χ1) is 11.6. The van der Waals surface area contributed by atoms with E-state index in [2.05, 4.69) is 37.1 Å². The third-order valence-electron chi connectivity index (χ3n) is 4.75. The van der Waals surface area contributed by atoms with Crippen LogP contribution in [-0.2, 0) is 12.8 Å². The van der Waals surface area contributed by atoms with Crippen molar-refractivity contribution < 1.29 is 9.90 Å². The number of aromatic nitrogens is 2. The molecule has 5 heteroatoms.